The molecule has 8 nitrogen and oxygen atoms in total. The molecule has 25 heavy (non-hydrogen) atoms. The highest BCUT2D eigenvalue weighted by molar-refractivity contribution is 5.82. The topological polar surface area (TPSA) is 97.6 Å². The lowest BCUT2D eigenvalue weighted by Gasteiger charge is -2.23. The first-order chi connectivity index (χ1) is 12.3. The van der Waals surface area contributed by atoms with Gasteiger partial charge in [-0.05, 0) is 12.1 Å². The summed E-state index contributed by atoms with van der Waals surface area (Å²) in [6.07, 6.45) is 4.89. The second-order valence-electron chi connectivity index (χ2n) is 6.65. The first-order valence-corrected chi connectivity index (χ1v) is 8.32. The Morgan fingerprint density at radius 1 is 1.00 bits per heavy atom. The molecule has 0 aliphatic carbocycles. The number of hydrogen-bond acceptors (Lipinski definition) is 7. The van der Waals surface area contributed by atoms with Crippen LogP contribution in [0.4, 0.5) is 11.6 Å². The highest BCUT2D eigenvalue weighted by atomic mass is 15.3. The van der Waals surface area contributed by atoms with E-state index in [1.54, 1.807) is 18.9 Å². The van der Waals surface area contributed by atoms with Crippen molar-refractivity contribution in [3.63, 3.8) is 0 Å². The Balaban J connectivity index is 1.33. The summed E-state index contributed by atoms with van der Waals surface area (Å²) in [7, 11) is 0. The van der Waals surface area contributed by atoms with Gasteiger partial charge in [-0.1, -0.05) is 0 Å². The first kappa shape index (κ1) is 14.2. The molecule has 2 aliphatic rings. The third-order valence-electron chi connectivity index (χ3n) is 5.19. The van der Waals surface area contributed by atoms with Crippen LogP contribution in [-0.2, 0) is 0 Å². The van der Waals surface area contributed by atoms with Crippen molar-refractivity contribution in [1.29, 1.82) is 5.26 Å². The minimum absolute atomic E-state index is 0.588. The van der Waals surface area contributed by atoms with Gasteiger partial charge in [0.05, 0.1) is 11.9 Å². The molecule has 2 atom stereocenters. The molecule has 3 aromatic rings. The number of anilines is 2. The van der Waals surface area contributed by atoms with E-state index in [0.29, 0.717) is 23.0 Å². The fourth-order valence-corrected chi connectivity index (χ4v) is 3.98. The summed E-state index contributed by atoms with van der Waals surface area (Å²) in [6, 6.07) is 5.89. The number of fused-ring (bicyclic) bond motifs is 2. The second kappa shape index (κ2) is 5.41. The summed E-state index contributed by atoms with van der Waals surface area (Å²) < 4.78 is 0. The minimum Gasteiger partial charge on any atom is -0.356 e. The maximum absolute atomic E-state index is 8.90. The van der Waals surface area contributed by atoms with Crippen LogP contribution >= 0.6 is 0 Å². The number of nitrogens with one attached hydrogen (secondary N) is 1. The number of aromatic amines is 1. The van der Waals surface area contributed by atoms with Crippen LogP contribution in [0, 0.1) is 23.2 Å². The summed E-state index contributed by atoms with van der Waals surface area (Å²) in [5.74, 6) is 3.08. The maximum atomic E-state index is 8.90. The van der Waals surface area contributed by atoms with E-state index >= 15 is 0 Å². The molecule has 8 heteroatoms. The van der Waals surface area contributed by atoms with Crippen molar-refractivity contribution < 1.29 is 0 Å². The van der Waals surface area contributed by atoms with Gasteiger partial charge >= 0.3 is 0 Å². The standard InChI is InChI=1S/C17H16N8/c18-3-11-1-2-14(19-4-11)24-5-12-7-25(8-13(12)6-24)17-15-16(21-9-20-15)22-10-23-17/h1-2,4,9-10,12-13H,5-8H2,(H,20,21,22,23). The van der Waals surface area contributed by atoms with Crippen molar-refractivity contribution in [2.24, 2.45) is 11.8 Å². The van der Waals surface area contributed by atoms with Crippen LogP contribution in [0.15, 0.2) is 31.0 Å². The maximum Gasteiger partial charge on any atom is 0.182 e. The SMILES string of the molecule is N#Cc1ccc(N2CC3CN(c4ncnc5nc[nH]c45)CC3C2)nc1. The van der Waals surface area contributed by atoms with E-state index in [0.717, 1.165) is 43.3 Å². The van der Waals surface area contributed by atoms with Crippen LogP contribution in [0.25, 0.3) is 11.2 Å². The van der Waals surface area contributed by atoms with Gasteiger partial charge in [-0.15, -0.1) is 0 Å². The van der Waals surface area contributed by atoms with E-state index in [-0.39, 0.29) is 0 Å². The van der Waals surface area contributed by atoms with Crippen molar-refractivity contribution in [3.05, 3.63) is 36.5 Å². The molecule has 0 bridgehead atoms. The summed E-state index contributed by atoms with van der Waals surface area (Å²) in [5, 5.41) is 8.90. The van der Waals surface area contributed by atoms with E-state index in [4.69, 9.17) is 5.26 Å². The Morgan fingerprint density at radius 2 is 1.80 bits per heavy atom. The molecule has 124 valence electrons. The lowest BCUT2D eigenvalue weighted by molar-refractivity contribution is 0.533. The van der Waals surface area contributed by atoms with Gasteiger partial charge in [-0.25, -0.2) is 19.9 Å². The van der Waals surface area contributed by atoms with Gasteiger partial charge in [-0.3, -0.25) is 0 Å². The molecule has 3 aromatic heterocycles. The van der Waals surface area contributed by atoms with Gasteiger partial charge in [-0.2, -0.15) is 5.26 Å². The first-order valence-electron chi connectivity index (χ1n) is 8.32. The van der Waals surface area contributed by atoms with Crippen molar-refractivity contribution in [3.8, 4) is 6.07 Å². The Kier molecular flexibility index (Phi) is 3.06. The number of imidazole rings is 1. The number of hydrogen-bond donors (Lipinski definition) is 1. The fourth-order valence-electron chi connectivity index (χ4n) is 3.98. The van der Waals surface area contributed by atoms with E-state index in [1.807, 2.05) is 12.1 Å². The molecule has 0 amide bonds. The van der Waals surface area contributed by atoms with Crippen LogP contribution < -0.4 is 9.80 Å². The van der Waals surface area contributed by atoms with E-state index in [1.165, 1.54) is 0 Å². The van der Waals surface area contributed by atoms with E-state index in [9.17, 15) is 0 Å². The zero-order chi connectivity index (χ0) is 16.8. The fraction of sp³-hybridized carbons (Fsp3) is 0.353. The molecule has 1 N–H and O–H groups in total. The molecule has 5 rings (SSSR count). The summed E-state index contributed by atoms with van der Waals surface area (Å²) in [4.78, 5) is 25.1. The van der Waals surface area contributed by atoms with Crippen LogP contribution in [0.2, 0.25) is 0 Å². The lowest BCUT2D eigenvalue weighted by atomic mass is 10.0. The molecule has 2 fully saturated rings. The quantitative estimate of drug-likeness (QED) is 0.753. The summed E-state index contributed by atoms with van der Waals surface area (Å²) >= 11 is 0. The molecular formula is C17H16N8. The smallest absolute Gasteiger partial charge is 0.182 e. The van der Waals surface area contributed by atoms with Crippen LogP contribution in [0.5, 0.6) is 0 Å². The number of nitrogens with zero attached hydrogens (tertiary/aromatic N) is 7. The van der Waals surface area contributed by atoms with Gasteiger partial charge in [0.2, 0.25) is 0 Å². The van der Waals surface area contributed by atoms with Crippen LogP contribution in [0.3, 0.4) is 0 Å². The zero-order valence-corrected chi connectivity index (χ0v) is 13.5. The molecule has 0 saturated carbocycles. The molecule has 2 unspecified atom stereocenters. The lowest BCUT2D eigenvalue weighted by Crippen LogP contribution is -2.29. The molecule has 2 saturated heterocycles. The molecule has 2 aliphatic heterocycles. The molecule has 0 spiro atoms. The van der Waals surface area contributed by atoms with E-state index < -0.39 is 0 Å². The van der Waals surface area contributed by atoms with Crippen LogP contribution in [0.1, 0.15) is 5.56 Å². The highest BCUT2D eigenvalue weighted by Crippen LogP contribution is 2.36. The molecule has 0 aromatic carbocycles. The Morgan fingerprint density at radius 3 is 2.52 bits per heavy atom. The van der Waals surface area contributed by atoms with Crippen molar-refractivity contribution in [1.82, 2.24) is 24.9 Å². The van der Waals surface area contributed by atoms with Gasteiger partial charge in [0.15, 0.2) is 11.5 Å². The van der Waals surface area contributed by atoms with Crippen LogP contribution in [-0.4, -0.2) is 51.1 Å². The third kappa shape index (κ3) is 2.28. The van der Waals surface area contributed by atoms with Crippen molar-refractivity contribution in [2.75, 3.05) is 36.0 Å². The Labute approximate surface area is 144 Å². The summed E-state index contributed by atoms with van der Waals surface area (Å²) in [6.45, 7) is 3.92. The highest BCUT2D eigenvalue weighted by Gasteiger charge is 2.41. The van der Waals surface area contributed by atoms with Gasteiger partial charge in [0.25, 0.3) is 0 Å². The monoisotopic (exact) mass is 332 g/mol. The molecule has 0 radical (unpaired) electrons. The van der Waals surface area contributed by atoms with Crippen molar-refractivity contribution in [2.45, 2.75) is 0 Å². The molecule has 5 heterocycles. The largest absolute Gasteiger partial charge is 0.356 e. The number of pyridine rings is 1. The minimum atomic E-state index is 0.588. The number of rotatable bonds is 2. The Hall–Kier alpha value is -3.21. The van der Waals surface area contributed by atoms with Crippen molar-refractivity contribution >= 4 is 22.8 Å². The number of nitriles is 1. The number of H-pyrrole nitrogens is 1. The van der Waals surface area contributed by atoms with E-state index in [2.05, 4.69) is 40.8 Å². The third-order valence-corrected chi connectivity index (χ3v) is 5.19. The predicted molar refractivity (Wildman–Crippen MR) is 92.0 cm³/mol. The predicted octanol–water partition coefficient (Wildman–Crippen LogP) is 1.19. The number of aromatic nitrogens is 5. The summed E-state index contributed by atoms with van der Waals surface area (Å²) in [5.41, 5.74) is 2.22. The van der Waals surface area contributed by atoms with Gasteiger partial charge < -0.3 is 14.8 Å². The second-order valence-corrected chi connectivity index (χ2v) is 6.65. The zero-order valence-electron chi connectivity index (χ0n) is 13.5. The molecular weight excluding hydrogens is 316 g/mol. The van der Waals surface area contributed by atoms with Gasteiger partial charge in [0.1, 0.15) is 23.7 Å². The Bertz CT molecular complexity index is 943. The average molecular weight is 332 g/mol. The average Bonchev–Trinajstić information content (AvgIpc) is 3.35. The van der Waals surface area contributed by atoms with Gasteiger partial charge in [0, 0.05) is 44.2 Å². The normalized spacial score (nSPS) is 22.4.